The minimum atomic E-state index is -6.00. The Hall–Kier alpha value is 0.304. The molecule has 0 bridgehead atoms. The first-order chi connectivity index (χ1) is 2.00. The summed E-state index contributed by atoms with van der Waals surface area (Å²) in [5.74, 6) is 0. The fourth-order valence-electron chi connectivity index (χ4n) is 0. The molecule has 6 heavy (non-hydrogen) atoms. The molecule has 0 aliphatic rings. The molecule has 6 heteroatoms. The van der Waals surface area contributed by atoms with E-state index >= 15 is 0 Å². The molecule has 0 aliphatic heterocycles. The van der Waals surface area contributed by atoms with Crippen molar-refractivity contribution in [3.05, 3.63) is 0 Å². The predicted molar refractivity (Wildman–Crippen MR) is 11.3 cm³/mol. The Kier molecular flexibility index (Phi) is 3.95. The summed E-state index contributed by atoms with van der Waals surface area (Å²) in [5, 5.41) is 0. The molecule has 0 nitrogen and oxygen atoms in total. The molecule has 0 N–H and O–H groups in total. The molecule has 0 unspecified atom stereocenters. The van der Waals surface area contributed by atoms with Gasteiger partial charge in [-0.1, -0.05) is 0 Å². The van der Waals surface area contributed by atoms with Crippen LogP contribution < -0.4 is 0 Å². The van der Waals surface area contributed by atoms with Crippen LogP contribution in [0.5, 0.6) is 0 Å². The van der Waals surface area contributed by atoms with Gasteiger partial charge in [-0.05, 0) is 0 Å². The van der Waals surface area contributed by atoms with E-state index in [2.05, 4.69) is 0 Å². The van der Waals surface area contributed by atoms with Gasteiger partial charge >= 0.3 is 8.68 Å². The van der Waals surface area contributed by atoms with E-state index in [-0.39, 0.29) is 18.5 Å². The Morgan fingerprint density at radius 2 is 1.00 bits per heavy atom. The van der Waals surface area contributed by atoms with E-state index in [1.165, 1.54) is 0 Å². The predicted octanol–water partition coefficient (Wildman–Crippen LogP) is 1.41. The fourth-order valence-corrected chi connectivity index (χ4v) is 0. The molecule has 0 radical (unpaired) electrons. The minimum Gasteiger partial charge on any atom is -0.418 e. The Morgan fingerprint density at radius 1 is 1.00 bits per heavy atom. The van der Waals surface area contributed by atoms with Crippen molar-refractivity contribution in [2.75, 3.05) is 0 Å². The van der Waals surface area contributed by atoms with Crippen molar-refractivity contribution in [3.63, 3.8) is 0 Å². The quantitative estimate of drug-likeness (QED) is 0.356. The van der Waals surface area contributed by atoms with Gasteiger partial charge in [-0.3, -0.25) is 0 Å². The second kappa shape index (κ2) is 2.47. The summed E-state index contributed by atoms with van der Waals surface area (Å²) in [7, 11) is -6.00. The van der Waals surface area contributed by atoms with Crippen molar-refractivity contribution in [2.45, 2.75) is 0 Å². The van der Waals surface area contributed by atoms with Gasteiger partial charge in [0.2, 0.25) is 0 Å². The first-order valence-corrected chi connectivity index (χ1v) is 0.873. The topological polar surface area (TPSA) is 0 Å². The minimum absolute atomic E-state index is 0. The van der Waals surface area contributed by atoms with Crippen molar-refractivity contribution in [1.29, 1.82) is 0 Å². The summed E-state index contributed by atoms with van der Waals surface area (Å²) in [6.07, 6.45) is 0. The maximum atomic E-state index is 9.75. The van der Waals surface area contributed by atoms with Crippen molar-refractivity contribution >= 4 is 7.25 Å². The van der Waals surface area contributed by atoms with Crippen LogP contribution in [0.2, 0.25) is 0 Å². The summed E-state index contributed by atoms with van der Waals surface area (Å²) in [6.45, 7) is 0. The van der Waals surface area contributed by atoms with Gasteiger partial charge in [0.1, 0.15) is 0 Å². The van der Waals surface area contributed by atoms with Crippen LogP contribution in [0.4, 0.5) is 17.3 Å². The zero-order valence-electron chi connectivity index (χ0n) is 3.44. The summed E-state index contributed by atoms with van der Waals surface area (Å²) in [5.41, 5.74) is 0. The normalized spacial score (nSPS) is 10.0. The average molecular weight is 144 g/mol. The van der Waals surface area contributed by atoms with Gasteiger partial charge in [0.15, 0.2) is 0 Å². The molecule has 0 aromatic rings. The molecular formula is HBF4Fe. The van der Waals surface area contributed by atoms with Crippen molar-refractivity contribution < 1.29 is 35.8 Å². The number of hydrogen-bond acceptors (Lipinski definition) is 0. The second-order valence-corrected chi connectivity index (χ2v) is 0.495. The van der Waals surface area contributed by atoms with E-state index in [4.69, 9.17) is 0 Å². The van der Waals surface area contributed by atoms with Crippen molar-refractivity contribution in [2.24, 2.45) is 0 Å². The average Bonchev–Trinajstić information content (AvgIpc) is 0.722. The Bertz CT molecular complexity index is 27.2. The Balaban J connectivity index is -0.0000000800. The van der Waals surface area contributed by atoms with Gasteiger partial charge in [-0.2, -0.15) is 0 Å². The molecular weight excluding hydrogens is 143 g/mol. The van der Waals surface area contributed by atoms with Crippen LogP contribution >= 0.6 is 0 Å². The molecule has 0 rings (SSSR count). The number of hydrogen-bond donors (Lipinski definition) is 0. The SMILES string of the molecule is F[B-](F)(F)F.[Fe].[H+]. The summed E-state index contributed by atoms with van der Waals surface area (Å²) in [6, 6.07) is 0. The number of rotatable bonds is 0. The van der Waals surface area contributed by atoms with Gasteiger partial charge in [0.05, 0.1) is 0 Å². The Morgan fingerprint density at radius 3 is 1.00 bits per heavy atom. The standard InChI is InChI=1S/BF4.Fe/c2-1(3,4)5;/q-1;/p+1. The molecule has 40 valence electrons. The molecule has 0 saturated heterocycles. The Labute approximate surface area is 44.0 Å². The van der Waals surface area contributed by atoms with Crippen LogP contribution in [-0.2, 0) is 17.1 Å². The van der Waals surface area contributed by atoms with E-state index in [0.717, 1.165) is 0 Å². The monoisotopic (exact) mass is 144 g/mol. The molecule has 0 atom stereocenters. The first kappa shape index (κ1) is 9.57. The van der Waals surface area contributed by atoms with E-state index in [9.17, 15) is 17.3 Å². The van der Waals surface area contributed by atoms with Crippen LogP contribution in [-0.4, -0.2) is 7.25 Å². The van der Waals surface area contributed by atoms with Gasteiger partial charge in [0, 0.05) is 17.1 Å². The summed E-state index contributed by atoms with van der Waals surface area (Å²) in [4.78, 5) is 0. The third kappa shape index (κ3) is 507. The molecule has 0 aliphatic carbocycles. The zero-order valence-corrected chi connectivity index (χ0v) is 3.55. The molecule has 0 aromatic heterocycles. The molecule has 0 heterocycles. The fraction of sp³-hybridized carbons (Fsp3) is 0. The largest absolute Gasteiger partial charge is 1.00 e. The maximum absolute atomic E-state index is 9.75. The second-order valence-electron chi connectivity index (χ2n) is 0.495. The van der Waals surface area contributed by atoms with Gasteiger partial charge < -0.3 is 17.3 Å². The van der Waals surface area contributed by atoms with Gasteiger partial charge in [-0.25, -0.2) is 0 Å². The van der Waals surface area contributed by atoms with Crippen LogP contribution in [0.15, 0.2) is 0 Å². The van der Waals surface area contributed by atoms with E-state index < -0.39 is 7.25 Å². The van der Waals surface area contributed by atoms with Crippen LogP contribution in [0.3, 0.4) is 0 Å². The molecule has 0 spiro atoms. The first-order valence-electron chi connectivity index (χ1n) is 0.873. The van der Waals surface area contributed by atoms with Crippen LogP contribution in [0.25, 0.3) is 0 Å². The molecule has 0 fully saturated rings. The van der Waals surface area contributed by atoms with Gasteiger partial charge in [0.25, 0.3) is 0 Å². The molecule has 0 amide bonds. The smallest absolute Gasteiger partial charge is 0.418 e. The van der Waals surface area contributed by atoms with Crippen molar-refractivity contribution in [1.82, 2.24) is 0 Å². The summed E-state index contributed by atoms with van der Waals surface area (Å²) >= 11 is 0. The van der Waals surface area contributed by atoms with Crippen LogP contribution in [0.1, 0.15) is 1.43 Å². The van der Waals surface area contributed by atoms with Gasteiger partial charge in [-0.15, -0.1) is 0 Å². The summed E-state index contributed by atoms with van der Waals surface area (Å²) < 4.78 is 39.0. The van der Waals surface area contributed by atoms with E-state index in [0.29, 0.717) is 0 Å². The molecule has 0 aromatic carbocycles. The van der Waals surface area contributed by atoms with E-state index in [1.54, 1.807) is 0 Å². The zero-order chi connectivity index (χ0) is 4.50. The van der Waals surface area contributed by atoms with Crippen molar-refractivity contribution in [3.8, 4) is 0 Å². The maximum Gasteiger partial charge on any atom is 1.00 e. The third-order valence-corrected chi connectivity index (χ3v) is 0. The van der Waals surface area contributed by atoms with Crippen LogP contribution in [0, 0.1) is 0 Å². The number of halogens is 4. The third-order valence-electron chi connectivity index (χ3n) is 0. The molecule has 0 saturated carbocycles. The van der Waals surface area contributed by atoms with E-state index in [1.807, 2.05) is 0 Å².